The SMILES string of the molecule is [2H]C([2H])([2H])c1cc2c(oc3cc(F)ccc32)c(-c2ccc3cc(F)c([Si](C)(C)C)cc3[n+]2C)c1C. The molecule has 0 bridgehead atoms. The van der Waals surface area contributed by atoms with Gasteiger partial charge in [0.2, 0.25) is 11.2 Å². The average Bonchev–Trinajstić information content (AvgIpc) is 3.09. The van der Waals surface area contributed by atoms with Crippen molar-refractivity contribution < 1.29 is 21.9 Å². The molecule has 0 atom stereocenters. The molecule has 0 fully saturated rings. The van der Waals surface area contributed by atoms with Gasteiger partial charge in [-0.1, -0.05) is 19.6 Å². The fourth-order valence-electron chi connectivity index (χ4n) is 4.52. The van der Waals surface area contributed by atoms with Crippen LogP contribution in [0.5, 0.6) is 0 Å². The van der Waals surface area contributed by atoms with Crippen molar-refractivity contribution in [1.82, 2.24) is 0 Å². The van der Waals surface area contributed by atoms with Crippen LogP contribution in [0, 0.1) is 25.4 Å². The third-order valence-electron chi connectivity index (χ3n) is 6.31. The zero-order chi connectivity index (χ0) is 25.4. The lowest BCUT2D eigenvalue weighted by molar-refractivity contribution is -0.633. The molecule has 2 heterocycles. The van der Waals surface area contributed by atoms with Gasteiger partial charge in [0.05, 0.1) is 13.6 Å². The molecule has 5 heteroatoms. The van der Waals surface area contributed by atoms with Crippen LogP contribution >= 0.6 is 0 Å². The molecule has 0 saturated heterocycles. The maximum absolute atomic E-state index is 14.9. The van der Waals surface area contributed by atoms with Gasteiger partial charge in [0.1, 0.15) is 29.8 Å². The van der Waals surface area contributed by atoms with E-state index < -0.39 is 20.7 Å². The van der Waals surface area contributed by atoms with Crippen LogP contribution in [-0.2, 0) is 7.05 Å². The number of aromatic nitrogens is 1. The van der Waals surface area contributed by atoms with E-state index in [0.29, 0.717) is 33.1 Å². The smallest absolute Gasteiger partial charge is 0.216 e. The lowest BCUT2D eigenvalue weighted by atomic mass is 9.96. The van der Waals surface area contributed by atoms with Crippen LogP contribution in [0.3, 0.4) is 0 Å². The minimum Gasteiger partial charge on any atom is -0.455 e. The molecule has 0 spiro atoms. The van der Waals surface area contributed by atoms with Gasteiger partial charge in [-0.25, -0.2) is 8.78 Å². The minimum absolute atomic E-state index is 0.202. The number of fused-ring (bicyclic) bond motifs is 4. The Hall–Kier alpha value is -3.05. The molecule has 5 rings (SSSR count). The van der Waals surface area contributed by atoms with E-state index in [2.05, 4.69) is 19.6 Å². The van der Waals surface area contributed by atoms with Gasteiger partial charge in [-0.2, -0.15) is 4.57 Å². The summed E-state index contributed by atoms with van der Waals surface area (Å²) in [7, 11) is -0.0595. The number of halogens is 2. The lowest BCUT2D eigenvalue weighted by Gasteiger charge is -2.18. The fourth-order valence-corrected chi connectivity index (χ4v) is 5.88. The van der Waals surface area contributed by atoms with E-state index in [1.807, 2.05) is 29.8 Å². The van der Waals surface area contributed by atoms with Crippen molar-refractivity contribution in [3.63, 3.8) is 0 Å². The maximum atomic E-state index is 14.9. The monoisotopic (exact) mass is 449 g/mol. The van der Waals surface area contributed by atoms with Crippen molar-refractivity contribution in [3.8, 4) is 11.3 Å². The first kappa shape index (κ1) is 17.5. The van der Waals surface area contributed by atoms with Crippen molar-refractivity contribution in [2.75, 3.05) is 0 Å². The zero-order valence-electron chi connectivity index (χ0n) is 21.7. The molecule has 0 aliphatic heterocycles. The van der Waals surface area contributed by atoms with Crippen LogP contribution in [0.1, 0.15) is 15.2 Å². The molecular weight excluding hydrogens is 420 g/mol. The van der Waals surface area contributed by atoms with Gasteiger partial charge < -0.3 is 4.42 Å². The lowest BCUT2D eigenvalue weighted by Crippen LogP contribution is -2.42. The molecule has 32 heavy (non-hydrogen) atoms. The highest BCUT2D eigenvalue weighted by Gasteiger charge is 2.27. The summed E-state index contributed by atoms with van der Waals surface area (Å²) in [6.07, 6.45) is 0. The number of nitrogens with zero attached hydrogens (tertiary/aromatic N) is 1. The fraction of sp³-hybridized carbons (Fsp3) is 0.222. The molecule has 0 aliphatic carbocycles. The van der Waals surface area contributed by atoms with Crippen LogP contribution in [0.25, 0.3) is 44.1 Å². The average molecular weight is 450 g/mol. The summed E-state index contributed by atoms with van der Waals surface area (Å²) in [6, 6.07) is 13.1. The van der Waals surface area contributed by atoms with Gasteiger partial charge in [-0.05, 0) is 60.4 Å². The Bertz CT molecular complexity index is 1670. The molecule has 0 aliphatic rings. The third kappa shape index (κ3) is 3.06. The van der Waals surface area contributed by atoms with Crippen LogP contribution < -0.4 is 9.75 Å². The molecular formula is C27H26F2NOSi+. The molecule has 0 amide bonds. The molecule has 0 radical (unpaired) electrons. The van der Waals surface area contributed by atoms with E-state index in [9.17, 15) is 8.78 Å². The summed E-state index contributed by atoms with van der Waals surface area (Å²) in [6.45, 7) is 5.72. The molecule has 5 aromatic rings. The van der Waals surface area contributed by atoms with Crippen LogP contribution in [0.2, 0.25) is 19.6 Å². The number of furan rings is 1. The number of pyridine rings is 1. The highest BCUT2D eigenvalue weighted by atomic mass is 28.3. The second-order valence-electron chi connectivity index (χ2n) is 9.46. The van der Waals surface area contributed by atoms with Crippen LogP contribution in [0.4, 0.5) is 8.78 Å². The van der Waals surface area contributed by atoms with Crippen molar-refractivity contribution >= 4 is 46.1 Å². The molecule has 0 N–H and O–H groups in total. The predicted octanol–water partition coefficient (Wildman–Crippen LogP) is 6.67. The maximum Gasteiger partial charge on any atom is 0.216 e. The Morgan fingerprint density at radius 1 is 0.969 bits per heavy atom. The molecule has 0 unspecified atom stereocenters. The van der Waals surface area contributed by atoms with Gasteiger partial charge in [0.15, 0.2) is 0 Å². The summed E-state index contributed by atoms with van der Waals surface area (Å²) < 4.78 is 61.4. The van der Waals surface area contributed by atoms with Crippen molar-refractivity contribution in [2.45, 2.75) is 33.4 Å². The number of hydrogen-bond donors (Lipinski definition) is 0. The Kier molecular flexibility index (Phi) is 3.81. The zero-order valence-corrected chi connectivity index (χ0v) is 19.7. The first-order valence-electron chi connectivity index (χ1n) is 12.1. The number of aryl methyl sites for hydroxylation is 2. The van der Waals surface area contributed by atoms with Gasteiger partial charge >= 0.3 is 0 Å². The Balaban J connectivity index is 1.92. The van der Waals surface area contributed by atoms with Crippen LogP contribution in [-0.4, -0.2) is 8.07 Å². The summed E-state index contributed by atoms with van der Waals surface area (Å²) in [5, 5.41) is 2.76. The molecule has 2 aromatic heterocycles. The van der Waals surface area contributed by atoms with Crippen molar-refractivity contribution in [2.24, 2.45) is 7.05 Å². The summed E-state index contributed by atoms with van der Waals surface area (Å²) in [5.41, 5.74) is 3.85. The Morgan fingerprint density at radius 2 is 1.75 bits per heavy atom. The Morgan fingerprint density at radius 3 is 2.47 bits per heavy atom. The van der Waals surface area contributed by atoms with Gasteiger partial charge in [-0.3, -0.25) is 0 Å². The summed E-state index contributed by atoms with van der Waals surface area (Å²) >= 11 is 0. The van der Waals surface area contributed by atoms with E-state index in [1.54, 1.807) is 25.1 Å². The standard InChI is InChI=1S/C27H26F2NOSi/c1-15-11-20-19-9-8-18(28)13-24(19)31-27(20)26(16(15)2)22-10-7-17-12-21(29)25(32(4,5)6)14-23(17)30(22)3/h7-14H,1-6H3/q+1/i1D3. The van der Waals surface area contributed by atoms with Crippen LogP contribution in [0.15, 0.2) is 52.9 Å². The molecule has 0 saturated carbocycles. The molecule has 162 valence electrons. The Labute approximate surface area is 191 Å². The summed E-state index contributed by atoms with van der Waals surface area (Å²) in [4.78, 5) is 0. The van der Waals surface area contributed by atoms with E-state index in [-0.39, 0.29) is 11.4 Å². The van der Waals surface area contributed by atoms with E-state index in [1.165, 1.54) is 12.1 Å². The largest absolute Gasteiger partial charge is 0.455 e. The second kappa shape index (κ2) is 6.97. The number of benzene rings is 3. The first-order chi connectivity index (χ1) is 16.3. The van der Waals surface area contributed by atoms with Gasteiger partial charge in [-0.15, -0.1) is 0 Å². The van der Waals surface area contributed by atoms with E-state index in [0.717, 1.165) is 21.8 Å². The second-order valence-corrected chi connectivity index (χ2v) is 14.5. The molecule has 3 aromatic carbocycles. The van der Waals surface area contributed by atoms with E-state index >= 15 is 0 Å². The summed E-state index contributed by atoms with van der Waals surface area (Å²) in [5.74, 6) is -0.630. The topological polar surface area (TPSA) is 17.0 Å². The first-order valence-corrected chi connectivity index (χ1v) is 14.1. The highest BCUT2D eigenvalue weighted by Crippen LogP contribution is 2.39. The van der Waals surface area contributed by atoms with Gasteiger partial charge in [0.25, 0.3) is 0 Å². The number of rotatable bonds is 2. The van der Waals surface area contributed by atoms with E-state index in [4.69, 9.17) is 8.53 Å². The predicted molar refractivity (Wildman–Crippen MR) is 130 cm³/mol. The molecule has 2 nitrogen and oxygen atoms in total. The van der Waals surface area contributed by atoms with Crippen molar-refractivity contribution in [1.29, 1.82) is 0 Å². The minimum atomic E-state index is -2.35. The quantitative estimate of drug-likeness (QED) is 0.217. The van der Waals surface area contributed by atoms with Crippen molar-refractivity contribution in [3.05, 3.63) is 71.3 Å². The highest BCUT2D eigenvalue weighted by molar-refractivity contribution is 6.88. The van der Waals surface area contributed by atoms with Gasteiger partial charge in [0, 0.05) is 38.5 Å². The number of hydrogen-bond acceptors (Lipinski definition) is 1. The normalized spacial score (nSPS) is 14.2. The third-order valence-corrected chi connectivity index (χ3v) is 8.31.